The van der Waals surface area contributed by atoms with E-state index in [1.807, 2.05) is 25.1 Å². The quantitative estimate of drug-likeness (QED) is 0.884. The van der Waals surface area contributed by atoms with Gasteiger partial charge in [-0.3, -0.25) is 18.7 Å². The largest absolute Gasteiger partial charge is 0.352 e. The molecule has 2 aromatic rings. The molecule has 0 fully saturated rings. The zero-order valence-corrected chi connectivity index (χ0v) is 13.7. The van der Waals surface area contributed by atoms with Crippen molar-refractivity contribution in [3.05, 3.63) is 68.0 Å². The van der Waals surface area contributed by atoms with Gasteiger partial charge in [-0.25, -0.2) is 4.79 Å². The van der Waals surface area contributed by atoms with Crippen LogP contribution in [0.1, 0.15) is 12.5 Å². The maximum absolute atomic E-state index is 12.0. The molecule has 1 aromatic carbocycles. The van der Waals surface area contributed by atoms with Gasteiger partial charge in [0, 0.05) is 30.4 Å². The van der Waals surface area contributed by atoms with Crippen molar-refractivity contribution in [1.82, 2.24) is 14.5 Å². The second-order valence-corrected chi connectivity index (χ2v) is 5.86. The number of hydrogen-bond acceptors (Lipinski definition) is 3. The van der Waals surface area contributed by atoms with Gasteiger partial charge in [0.2, 0.25) is 5.91 Å². The van der Waals surface area contributed by atoms with E-state index < -0.39 is 11.2 Å². The summed E-state index contributed by atoms with van der Waals surface area (Å²) >= 11 is 5.93. The summed E-state index contributed by atoms with van der Waals surface area (Å²) in [6, 6.07) is 8.58. The van der Waals surface area contributed by atoms with Crippen LogP contribution >= 0.6 is 11.6 Å². The molecule has 0 aliphatic carbocycles. The van der Waals surface area contributed by atoms with Gasteiger partial charge in [-0.05, 0) is 31.0 Å². The number of nitrogens with one attached hydrogen (secondary N) is 1. The molecule has 0 unspecified atom stereocenters. The van der Waals surface area contributed by atoms with Gasteiger partial charge in [-0.1, -0.05) is 23.7 Å². The summed E-state index contributed by atoms with van der Waals surface area (Å²) in [4.78, 5) is 35.2. The van der Waals surface area contributed by atoms with E-state index in [4.69, 9.17) is 11.6 Å². The van der Waals surface area contributed by atoms with Crippen molar-refractivity contribution in [3.63, 3.8) is 0 Å². The van der Waals surface area contributed by atoms with E-state index in [0.29, 0.717) is 11.4 Å². The topological polar surface area (TPSA) is 73.1 Å². The van der Waals surface area contributed by atoms with Crippen LogP contribution in [0, 0.1) is 0 Å². The summed E-state index contributed by atoms with van der Waals surface area (Å²) < 4.78 is 2.16. The molecule has 0 aliphatic rings. The van der Waals surface area contributed by atoms with Gasteiger partial charge in [0.15, 0.2) is 0 Å². The molecule has 0 saturated heterocycles. The number of benzene rings is 1. The Morgan fingerprint density at radius 2 is 2.04 bits per heavy atom. The van der Waals surface area contributed by atoms with Gasteiger partial charge < -0.3 is 5.32 Å². The Labute approximate surface area is 138 Å². The highest BCUT2D eigenvalue weighted by molar-refractivity contribution is 6.30. The monoisotopic (exact) mass is 335 g/mol. The normalized spacial score (nSPS) is 12.0. The third-order valence-electron chi connectivity index (χ3n) is 3.41. The van der Waals surface area contributed by atoms with E-state index in [0.717, 1.165) is 10.1 Å². The Balaban J connectivity index is 1.98. The first-order valence-electron chi connectivity index (χ1n) is 7.17. The Bertz CT molecular complexity index is 826. The molecule has 0 saturated carbocycles. The van der Waals surface area contributed by atoms with Crippen LogP contribution in [-0.2, 0) is 24.8 Å². The first-order valence-corrected chi connectivity index (χ1v) is 7.55. The van der Waals surface area contributed by atoms with Crippen molar-refractivity contribution in [1.29, 1.82) is 0 Å². The molecule has 6 nitrogen and oxygen atoms in total. The lowest BCUT2D eigenvalue weighted by atomic mass is 10.1. The highest BCUT2D eigenvalue weighted by Gasteiger charge is 2.11. The second-order valence-electron chi connectivity index (χ2n) is 5.43. The maximum Gasteiger partial charge on any atom is 0.331 e. The van der Waals surface area contributed by atoms with Crippen molar-refractivity contribution in [3.8, 4) is 0 Å². The van der Waals surface area contributed by atoms with Crippen LogP contribution < -0.4 is 16.6 Å². The minimum absolute atomic E-state index is 0.107. The molecule has 7 heteroatoms. The van der Waals surface area contributed by atoms with Crippen molar-refractivity contribution < 1.29 is 4.79 Å². The van der Waals surface area contributed by atoms with Crippen LogP contribution in [-0.4, -0.2) is 21.1 Å². The number of halogens is 1. The number of amides is 1. The Morgan fingerprint density at radius 3 is 2.74 bits per heavy atom. The highest BCUT2D eigenvalue weighted by Crippen LogP contribution is 2.12. The fourth-order valence-electron chi connectivity index (χ4n) is 2.28. The number of carbonyl (C=O) groups excluding carboxylic acids is 1. The van der Waals surface area contributed by atoms with Crippen LogP contribution in [0.25, 0.3) is 0 Å². The number of carbonyl (C=O) groups is 1. The molecular formula is C16H18ClN3O3. The van der Waals surface area contributed by atoms with Crippen LogP contribution in [0.5, 0.6) is 0 Å². The Morgan fingerprint density at radius 1 is 1.30 bits per heavy atom. The standard InChI is InChI=1S/C16H18ClN3O3/c1-11(8-12-4-3-5-13(17)9-12)18-14(21)10-20-7-6-15(22)19(2)16(20)23/h3-7,9,11H,8,10H2,1-2H3,(H,18,21)/t11-/m0/s1. The Hall–Kier alpha value is -2.34. The fraction of sp³-hybridized carbons (Fsp3) is 0.312. The molecule has 0 aliphatic heterocycles. The minimum atomic E-state index is -0.518. The second kappa shape index (κ2) is 7.28. The lowest BCUT2D eigenvalue weighted by molar-refractivity contribution is -0.122. The van der Waals surface area contributed by atoms with Crippen LogP contribution in [0.15, 0.2) is 46.1 Å². The molecule has 1 atom stereocenters. The number of rotatable bonds is 5. The summed E-state index contributed by atoms with van der Waals surface area (Å²) in [5.74, 6) is -0.291. The van der Waals surface area contributed by atoms with Crippen LogP contribution in [0.3, 0.4) is 0 Å². The van der Waals surface area contributed by atoms with Gasteiger partial charge in [0.05, 0.1) is 0 Å². The predicted molar refractivity (Wildman–Crippen MR) is 88.7 cm³/mol. The van der Waals surface area contributed by atoms with E-state index >= 15 is 0 Å². The lowest BCUT2D eigenvalue weighted by Gasteiger charge is -2.15. The van der Waals surface area contributed by atoms with Gasteiger partial charge in [-0.15, -0.1) is 0 Å². The molecule has 0 spiro atoms. The fourth-order valence-corrected chi connectivity index (χ4v) is 2.49. The van der Waals surface area contributed by atoms with E-state index in [1.165, 1.54) is 23.9 Å². The zero-order valence-electron chi connectivity index (χ0n) is 13.0. The Kier molecular flexibility index (Phi) is 5.39. The van der Waals surface area contributed by atoms with Crippen molar-refractivity contribution in [2.24, 2.45) is 7.05 Å². The molecule has 0 radical (unpaired) electrons. The van der Waals surface area contributed by atoms with Crippen molar-refractivity contribution >= 4 is 17.5 Å². The van der Waals surface area contributed by atoms with Crippen molar-refractivity contribution in [2.45, 2.75) is 25.9 Å². The summed E-state index contributed by atoms with van der Waals surface area (Å²) in [6.45, 7) is 1.75. The number of aromatic nitrogens is 2. The summed E-state index contributed by atoms with van der Waals surface area (Å²) in [7, 11) is 1.38. The molecule has 2 rings (SSSR count). The molecule has 1 aromatic heterocycles. The van der Waals surface area contributed by atoms with Gasteiger partial charge in [0.1, 0.15) is 6.54 Å². The minimum Gasteiger partial charge on any atom is -0.352 e. The zero-order chi connectivity index (χ0) is 17.0. The number of nitrogens with zero attached hydrogens (tertiary/aromatic N) is 2. The summed E-state index contributed by atoms with van der Waals surface area (Å²) in [6.07, 6.45) is 1.96. The molecule has 1 heterocycles. The molecule has 1 amide bonds. The van der Waals surface area contributed by atoms with Crippen LogP contribution in [0.4, 0.5) is 0 Å². The van der Waals surface area contributed by atoms with Crippen molar-refractivity contribution in [2.75, 3.05) is 0 Å². The molecular weight excluding hydrogens is 318 g/mol. The SMILES string of the molecule is C[C@@H](Cc1cccc(Cl)c1)NC(=O)Cn1ccc(=O)n(C)c1=O. The molecule has 0 bridgehead atoms. The molecule has 122 valence electrons. The predicted octanol–water partition coefficient (Wildman–Crippen LogP) is 0.948. The number of hydrogen-bond donors (Lipinski definition) is 1. The van der Waals surface area contributed by atoms with Gasteiger partial charge in [0.25, 0.3) is 5.56 Å². The van der Waals surface area contributed by atoms with E-state index in [2.05, 4.69) is 5.32 Å². The first kappa shape index (κ1) is 17.0. The van der Waals surface area contributed by atoms with E-state index in [1.54, 1.807) is 6.07 Å². The maximum atomic E-state index is 12.0. The van der Waals surface area contributed by atoms with E-state index in [-0.39, 0.29) is 18.5 Å². The third kappa shape index (κ3) is 4.56. The molecule has 1 N–H and O–H groups in total. The highest BCUT2D eigenvalue weighted by atomic mass is 35.5. The van der Waals surface area contributed by atoms with Gasteiger partial charge >= 0.3 is 5.69 Å². The van der Waals surface area contributed by atoms with Crippen LogP contribution in [0.2, 0.25) is 5.02 Å². The average molecular weight is 336 g/mol. The summed E-state index contributed by atoms with van der Waals surface area (Å²) in [5.41, 5.74) is 0.0979. The lowest BCUT2D eigenvalue weighted by Crippen LogP contribution is -2.42. The third-order valence-corrected chi connectivity index (χ3v) is 3.65. The average Bonchev–Trinajstić information content (AvgIpc) is 2.47. The summed E-state index contributed by atoms with van der Waals surface area (Å²) in [5, 5.41) is 3.48. The van der Waals surface area contributed by atoms with Gasteiger partial charge in [-0.2, -0.15) is 0 Å². The smallest absolute Gasteiger partial charge is 0.331 e. The molecule has 23 heavy (non-hydrogen) atoms. The first-order chi connectivity index (χ1) is 10.9. The van der Waals surface area contributed by atoms with E-state index in [9.17, 15) is 14.4 Å².